The molecule has 4 aliphatic rings. The van der Waals surface area contributed by atoms with Crippen LogP contribution >= 0.6 is 0 Å². The SMILES string of the molecule is C[C@@]12Cc3cnc4c5ccccc5nn4c3C[C@H]1CC[C@H]1[C@H]2CC[C@]2(C)[C@@H]1CC[C@@]2(C)O. The Morgan fingerprint density at radius 2 is 1.81 bits per heavy atom. The Hall–Kier alpha value is -1.94. The summed E-state index contributed by atoms with van der Waals surface area (Å²) in [6.07, 6.45) is 11.7. The first-order valence-electron chi connectivity index (χ1n) is 12.8. The van der Waals surface area contributed by atoms with Crippen LogP contribution in [0.4, 0.5) is 0 Å². The molecule has 0 radical (unpaired) electrons. The molecule has 3 saturated carbocycles. The minimum absolute atomic E-state index is 0.104. The van der Waals surface area contributed by atoms with Crippen molar-refractivity contribution in [3.8, 4) is 0 Å². The molecule has 1 aromatic carbocycles. The van der Waals surface area contributed by atoms with Gasteiger partial charge in [0.05, 0.1) is 11.1 Å². The molecule has 0 bridgehead atoms. The van der Waals surface area contributed by atoms with Crippen molar-refractivity contribution in [1.82, 2.24) is 14.6 Å². The van der Waals surface area contributed by atoms with Crippen molar-refractivity contribution in [2.75, 3.05) is 0 Å². The van der Waals surface area contributed by atoms with Crippen LogP contribution in [0.1, 0.15) is 70.6 Å². The normalized spacial score (nSPS) is 43.0. The highest BCUT2D eigenvalue weighted by Gasteiger charge is 2.63. The zero-order valence-corrected chi connectivity index (χ0v) is 19.6. The molecule has 4 aliphatic carbocycles. The van der Waals surface area contributed by atoms with Crippen molar-refractivity contribution in [3.05, 3.63) is 41.7 Å². The van der Waals surface area contributed by atoms with Crippen molar-refractivity contribution >= 4 is 16.6 Å². The third-order valence-corrected chi connectivity index (χ3v) is 11.2. The molecule has 2 heterocycles. The monoisotopic (exact) mass is 429 g/mol. The number of rotatable bonds is 0. The van der Waals surface area contributed by atoms with E-state index in [4.69, 9.17) is 10.1 Å². The van der Waals surface area contributed by atoms with Crippen LogP contribution in [-0.2, 0) is 12.8 Å². The average molecular weight is 430 g/mol. The number of hydrogen-bond acceptors (Lipinski definition) is 3. The molecule has 3 aromatic rings. The largest absolute Gasteiger partial charge is 0.390 e. The van der Waals surface area contributed by atoms with Gasteiger partial charge in [0.2, 0.25) is 0 Å². The maximum Gasteiger partial charge on any atom is 0.163 e. The summed E-state index contributed by atoms with van der Waals surface area (Å²) in [4.78, 5) is 4.91. The predicted molar refractivity (Wildman–Crippen MR) is 126 cm³/mol. The van der Waals surface area contributed by atoms with Crippen LogP contribution in [0, 0.1) is 34.5 Å². The van der Waals surface area contributed by atoms with Crippen LogP contribution in [0.3, 0.4) is 0 Å². The van der Waals surface area contributed by atoms with Gasteiger partial charge < -0.3 is 5.11 Å². The van der Waals surface area contributed by atoms with E-state index >= 15 is 0 Å². The fourth-order valence-corrected chi connectivity index (χ4v) is 9.08. The van der Waals surface area contributed by atoms with E-state index < -0.39 is 5.60 Å². The van der Waals surface area contributed by atoms with Crippen LogP contribution in [-0.4, -0.2) is 25.3 Å². The summed E-state index contributed by atoms with van der Waals surface area (Å²) >= 11 is 0. The third-order valence-electron chi connectivity index (χ3n) is 11.2. The lowest BCUT2D eigenvalue weighted by Crippen LogP contribution is -2.56. The second kappa shape index (κ2) is 6.14. The quantitative estimate of drug-likeness (QED) is 0.507. The molecule has 0 unspecified atom stereocenters. The zero-order chi connectivity index (χ0) is 21.9. The number of nitrogens with zero attached hydrogens (tertiary/aromatic N) is 3. The summed E-state index contributed by atoms with van der Waals surface area (Å²) < 4.78 is 2.16. The summed E-state index contributed by atoms with van der Waals surface area (Å²) in [6, 6.07) is 8.40. The lowest BCUT2D eigenvalue weighted by atomic mass is 9.44. The summed E-state index contributed by atoms with van der Waals surface area (Å²) in [5.41, 5.74) is 4.83. The van der Waals surface area contributed by atoms with E-state index in [0.29, 0.717) is 11.3 Å². The average Bonchev–Trinajstić information content (AvgIpc) is 3.26. The third kappa shape index (κ3) is 2.27. The number of fused-ring (bicyclic) bond motifs is 10. The number of benzene rings is 1. The molecule has 2 aromatic heterocycles. The van der Waals surface area contributed by atoms with Crippen molar-refractivity contribution < 1.29 is 5.11 Å². The van der Waals surface area contributed by atoms with E-state index in [1.54, 1.807) is 0 Å². The Morgan fingerprint density at radius 3 is 2.69 bits per heavy atom. The molecule has 1 N–H and O–H groups in total. The first-order valence-corrected chi connectivity index (χ1v) is 12.8. The smallest absolute Gasteiger partial charge is 0.163 e. The van der Waals surface area contributed by atoms with Crippen molar-refractivity contribution in [2.45, 2.75) is 77.7 Å². The Kier molecular flexibility index (Phi) is 3.74. The first-order chi connectivity index (χ1) is 15.3. The highest BCUT2D eigenvalue weighted by Crippen LogP contribution is 2.67. The molecule has 0 saturated heterocycles. The van der Waals surface area contributed by atoms with Crippen LogP contribution in [0.5, 0.6) is 0 Å². The molecule has 32 heavy (non-hydrogen) atoms. The van der Waals surface area contributed by atoms with E-state index in [0.717, 1.165) is 53.6 Å². The Balaban J connectivity index is 1.29. The summed E-state index contributed by atoms with van der Waals surface area (Å²) in [6.45, 7) is 7.11. The van der Waals surface area contributed by atoms with Gasteiger partial charge in [-0.3, -0.25) is 0 Å². The zero-order valence-electron chi connectivity index (χ0n) is 19.6. The van der Waals surface area contributed by atoms with Crippen LogP contribution in [0.25, 0.3) is 16.6 Å². The van der Waals surface area contributed by atoms with Gasteiger partial charge in [0.15, 0.2) is 5.65 Å². The van der Waals surface area contributed by atoms with Gasteiger partial charge in [-0.1, -0.05) is 26.0 Å². The number of hydrogen-bond donors (Lipinski definition) is 1. The second-order valence-electron chi connectivity index (χ2n) is 12.3. The van der Waals surface area contributed by atoms with Gasteiger partial charge in [-0.2, -0.15) is 5.10 Å². The lowest BCUT2D eigenvalue weighted by Gasteiger charge is -2.61. The topological polar surface area (TPSA) is 50.4 Å². The van der Waals surface area contributed by atoms with E-state index in [-0.39, 0.29) is 5.41 Å². The predicted octanol–water partition coefficient (Wildman–Crippen LogP) is 5.59. The minimum atomic E-state index is -0.489. The Morgan fingerprint density at radius 1 is 1.00 bits per heavy atom. The maximum atomic E-state index is 11.2. The van der Waals surface area contributed by atoms with Gasteiger partial charge >= 0.3 is 0 Å². The van der Waals surface area contributed by atoms with Gasteiger partial charge in [-0.05, 0) is 110 Å². The summed E-state index contributed by atoms with van der Waals surface area (Å²) in [5, 5.41) is 17.3. The van der Waals surface area contributed by atoms with Crippen LogP contribution in [0.15, 0.2) is 30.5 Å². The van der Waals surface area contributed by atoms with E-state index in [1.165, 1.54) is 43.4 Å². The van der Waals surface area contributed by atoms with Gasteiger partial charge in [0.1, 0.15) is 0 Å². The van der Waals surface area contributed by atoms with E-state index in [9.17, 15) is 5.11 Å². The highest BCUT2D eigenvalue weighted by atomic mass is 16.3. The van der Waals surface area contributed by atoms with E-state index in [2.05, 4.69) is 55.7 Å². The first kappa shape index (κ1) is 19.5. The standard InChI is InChI=1S/C28H35N3O/c1-26-15-17-16-29-25-20-6-4-5-7-23(20)30-31(25)24(17)14-18(26)8-9-19-21(26)10-12-27(2)22(19)11-13-28(27,3)32/h4-7,16,18-19,21-22,32H,8-15H2,1-3H3/t18-,19+,21-,22-,26-,27-,28-/m1/s1. The maximum absolute atomic E-state index is 11.2. The molecular formula is C28H35N3O. The lowest BCUT2D eigenvalue weighted by molar-refractivity contribution is -0.139. The molecule has 7 rings (SSSR count). The van der Waals surface area contributed by atoms with Gasteiger partial charge in [0, 0.05) is 17.3 Å². The van der Waals surface area contributed by atoms with Crippen molar-refractivity contribution in [2.24, 2.45) is 34.5 Å². The molecule has 0 spiro atoms. The van der Waals surface area contributed by atoms with Gasteiger partial charge in [-0.15, -0.1) is 0 Å². The summed E-state index contributed by atoms with van der Waals surface area (Å²) in [5.74, 6) is 2.95. The van der Waals surface area contributed by atoms with Crippen LogP contribution < -0.4 is 0 Å². The number of aliphatic hydroxyl groups is 1. The minimum Gasteiger partial charge on any atom is -0.390 e. The van der Waals surface area contributed by atoms with Crippen molar-refractivity contribution in [1.29, 1.82) is 0 Å². The van der Waals surface area contributed by atoms with Crippen LogP contribution in [0.2, 0.25) is 0 Å². The number of aromatic nitrogens is 3. The van der Waals surface area contributed by atoms with Crippen molar-refractivity contribution in [3.63, 3.8) is 0 Å². The Bertz CT molecular complexity index is 1240. The highest BCUT2D eigenvalue weighted by molar-refractivity contribution is 5.92. The molecule has 0 amide bonds. The molecular weight excluding hydrogens is 394 g/mol. The summed E-state index contributed by atoms with van der Waals surface area (Å²) in [7, 11) is 0. The second-order valence-corrected chi connectivity index (χ2v) is 12.3. The molecule has 168 valence electrons. The van der Waals surface area contributed by atoms with E-state index in [1.807, 2.05) is 0 Å². The molecule has 4 heteroatoms. The fraction of sp³-hybridized carbons (Fsp3) is 0.643. The molecule has 4 nitrogen and oxygen atoms in total. The molecule has 7 atom stereocenters. The molecule has 3 fully saturated rings. The van der Waals surface area contributed by atoms with Gasteiger partial charge in [-0.25, -0.2) is 9.50 Å². The Labute approximate surface area is 190 Å². The molecule has 0 aliphatic heterocycles. The fourth-order valence-electron chi connectivity index (χ4n) is 9.08. The van der Waals surface area contributed by atoms with Gasteiger partial charge in [0.25, 0.3) is 0 Å².